The van der Waals surface area contributed by atoms with Crippen LogP contribution in [0.2, 0.25) is 5.28 Å². The van der Waals surface area contributed by atoms with Crippen molar-refractivity contribution in [3.63, 3.8) is 0 Å². The number of carbonyl (C=O) groups excluding carboxylic acids is 1. The van der Waals surface area contributed by atoms with Gasteiger partial charge < -0.3 is 20.3 Å². The van der Waals surface area contributed by atoms with Gasteiger partial charge in [0.25, 0.3) is 0 Å². The minimum absolute atomic E-state index is 0.00408. The van der Waals surface area contributed by atoms with Crippen LogP contribution in [0.4, 0.5) is 23.5 Å². The number of aromatic nitrogens is 7. The number of amides is 1. The van der Waals surface area contributed by atoms with Gasteiger partial charge in [0.2, 0.25) is 23.1 Å². The van der Waals surface area contributed by atoms with Crippen LogP contribution < -0.4 is 15.5 Å². The van der Waals surface area contributed by atoms with Crippen LogP contribution in [-0.2, 0) is 9.53 Å². The molecule has 166 valence electrons. The van der Waals surface area contributed by atoms with Crippen molar-refractivity contribution in [1.82, 2.24) is 35.1 Å². The zero-order chi connectivity index (χ0) is 22.1. The zero-order valence-electron chi connectivity index (χ0n) is 17.2. The van der Waals surface area contributed by atoms with Crippen LogP contribution in [0.15, 0.2) is 24.7 Å². The highest BCUT2D eigenvalue weighted by Gasteiger charge is 2.39. The van der Waals surface area contributed by atoms with Gasteiger partial charge >= 0.3 is 0 Å². The van der Waals surface area contributed by atoms with Gasteiger partial charge in [0, 0.05) is 50.1 Å². The van der Waals surface area contributed by atoms with Crippen LogP contribution in [0.1, 0.15) is 30.9 Å². The number of nitrogens with zero attached hydrogens (tertiary/aromatic N) is 7. The molecule has 0 radical (unpaired) electrons. The van der Waals surface area contributed by atoms with E-state index in [-0.39, 0.29) is 29.2 Å². The first-order valence-electron chi connectivity index (χ1n) is 10.2. The van der Waals surface area contributed by atoms with Crippen LogP contribution in [0.25, 0.3) is 0 Å². The molecule has 13 heteroatoms. The first-order valence-corrected chi connectivity index (χ1v) is 10.6. The van der Waals surface area contributed by atoms with Gasteiger partial charge in [-0.25, -0.2) is 4.98 Å². The second kappa shape index (κ2) is 8.63. The quantitative estimate of drug-likeness (QED) is 0.481. The minimum atomic E-state index is -0.583. The fourth-order valence-electron chi connectivity index (χ4n) is 3.65. The first kappa shape index (κ1) is 20.5. The lowest BCUT2D eigenvalue weighted by Gasteiger charge is -2.23. The second-order valence-electron chi connectivity index (χ2n) is 7.68. The Morgan fingerprint density at radius 2 is 2.12 bits per heavy atom. The molecule has 12 nitrogen and oxygen atoms in total. The van der Waals surface area contributed by atoms with Crippen molar-refractivity contribution in [2.75, 3.05) is 29.2 Å². The highest BCUT2D eigenvalue weighted by atomic mass is 35.5. The van der Waals surface area contributed by atoms with E-state index in [1.807, 2.05) is 6.07 Å². The highest BCUT2D eigenvalue weighted by Crippen LogP contribution is 2.39. The van der Waals surface area contributed by atoms with Crippen molar-refractivity contribution in [2.24, 2.45) is 0 Å². The maximum absolute atomic E-state index is 13.0. The summed E-state index contributed by atoms with van der Waals surface area (Å²) in [6, 6.07) is 1.35. The summed E-state index contributed by atoms with van der Waals surface area (Å²) in [5.74, 6) is 1.73. The Morgan fingerprint density at radius 3 is 2.88 bits per heavy atom. The third-order valence-corrected chi connectivity index (χ3v) is 5.59. The number of anilines is 4. The van der Waals surface area contributed by atoms with Gasteiger partial charge in [0.15, 0.2) is 11.6 Å². The largest absolute Gasteiger partial charge is 0.380 e. The van der Waals surface area contributed by atoms with Crippen molar-refractivity contribution < 1.29 is 9.53 Å². The number of nitrogens with one attached hydrogen (secondary N) is 3. The van der Waals surface area contributed by atoms with Crippen LogP contribution in [0.5, 0.6) is 0 Å². The Balaban J connectivity index is 1.37. The summed E-state index contributed by atoms with van der Waals surface area (Å²) in [5.41, 5.74) is 1.08. The lowest BCUT2D eigenvalue weighted by molar-refractivity contribution is -0.117. The smallest absolute Gasteiger partial charge is 0.248 e. The van der Waals surface area contributed by atoms with Gasteiger partial charge in [-0.2, -0.15) is 20.1 Å². The Hall–Kier alpha value is -3.38. The Bertz CT molecular complexity index is 1110. The topological polar surface area (TPSA) is 147 Å². The summed E-state index contributed by atoms with van der Waals surface area (Å²) in [6.45, 7) is 0.420. The highest BCUT2D eigenvalue weighted by molar-refractivity contribution is 6.28. The summed E-state index contributed by atoms with van der Waals surface area (Å²) >= 11 is 6.18. The molecule has 3 aromatic rings. The fraction of sp³-hybridized carbons (Fsp3) is 0.421. The van der Waals surface area contributed by atoms with Gasteiger partial charge in [-0.15, -0.1) is 0 Å². The molecule has 1 saturated heterocycles. The SMILES string of the molecule is CO[C@H]1C[C@@H](C(=O)Nc2cnccn2)N(c2nc(Cl)nc(Nc3cc(C4CC4)[nH]n3)n2)C1. The Morgan fingerprint density at radius 1 is 1.25 bits per heavy atom. The molecule has 1 aliphatic heterocycles. The van der Waals surface area contributed by atoms with E-state index >= 15 is 0 Å². The van der Waals surface area contributed by atoms with Gasteiger partial charge in [-0.05, 0) is 24.4 Å². The molecule has 0 aromatic carbocycles. The monoisotopic (exact) mass is 456 g/mol. The average molecular weight is 457 g/mol. The maximum atomic E-state index is 13.0. The summed E-state index contributed by atoms with van der Waals surface area (Å²) in [5, 5.41) is 13.1. The number of hydrogen-bond donors (Lipinski definition) is 3. The van der Waals surface area contributed by atoms with E-state index in [4.69, 9.17) is 16.3 Å². The standard InChI is InChI=1S/C19H21ClN10O2/c1-32-11-6-13(16(31)23-15-8-21-4-5-22-15)30(9-11)19-26-17(20)25-18(27-19)24-14-7-12(28-29-14)10-2-3-10/h4-5,7-8,10-11,13H,2-3,6,9H2,1H3,(H,22,23,31)(H2,24,25,26,27,28,29)/t11-,13-/m0/s1. The number of aromatic amines is 1. The number of H-pyrrole nitrogens is 1. The molecule has 5 rings (SSSR count). The molecule has 4 heterocycles. The van der Waals surface area contributed by atoms with Crippen LogP contribution in [-0.4, -0.2) is 66.8 Å². The molecule has 2 aliphatic rings. The number of carbonyl (C=O) groups is 1. The average Bonchev–Trinajstić information content (AvgIpc) is 3.37. The normalized spacial score (nSPS) is 20.4. The van der Waals surface area contributed by atoms with Gasteiger partial charge in [-0.1, -0.05) is 0 Å². The number of rotatable bonds is 7. The summed E-state index contributed by atoms with van der Waals surface area (Å²) in [7, 11) is 1.61. The van der Waals surface area contributed by atoms with E-state index in [1.54, 1.807) is 12.0 Å². The fourth-order valence-corrected chi connectivity index (χ4v) is 3.81. The number of methoxy groups -OCH3 is 1. The second-order valence-corrected chi connectivity index (χ2v) is 8.02. The van der Waals surface area contributed by atoms with E-state index < -0.39 is 6.04 Å². The molecule has 1 aliphatic carbocycles. The van der Waals surface area contributed by atoms with Crippen LogP contribution in [0, 0.1) is 0 Å². The molecule has 0 bridgehead atoms. The molecular formula is C19H21ClN10O2. The third kappa shape index (κ3) is 4.46. The van der Waals surface area contributed by atoms with E-state index in [0.29, 0.717) is 30.5 Å². The zero-order valence-corrected chi connectivity index (χ0v) is 18.0. The summed E-state index contributed by atoms with van der Waals surface area (Å²) in [4.78, 5) is 35.7. The molecular weight excluding hydrogens is 436 g/mol. The van der Waals surface area contributed by atoms with Gasteiger partial charge in [0.1, 0.15) is 6.04 Å². The van der Waals surface area contributed by atoms with Crippen molar-refractivity contribution in [3.8, 4) is 0 Å². The van der Waals surface area contributed by atoms with Crippen LogP contribution in [0.3, 0.4) is 0 Å². The molecule has 2 fully saturated rings. The van der Waals surface area contributed by atoms with Crippen LogP contribution >= 0.6 is 11.6 Å². The predicted octanol–water partition coefficient (Wildman–Crippen LogP) is 1.89. The molecule has 1 saturated carbocycles. The predicted molar refractivity (Wildman–Crippen MR) is 116 cm³/mol. The lowest BCUT2D eigenvalue weighted by Crippen LogP contribution is -2.41. The van der Waals surface area contributed by atoms with Gasteiger partial charge in [-0.3, -0.25) is 14.9 Å². The number of halogens is 1. The van der Waals surface area contributed by atoms with Crippen molar-refractivity contribution in [1.29, 1.82) is 0 Å². The first-order chi connectivity index (χ1) is 15.6. The molecule has 0 unspecified atom stereocenters. The molecule has 2 atom stereocenters. The number of hydrogen-bond acceptors (Lipinski definition) is 10. The molecule has 32 heavy (non-hydrogen) atoms. The van der Waals surface area contributed by atoms with E-state index in [0.717, 1.165) is 18.5 Å². The molecule has 0 spiro atoms. The van der Waals surface area contributed by atoms with Crippen molar-refractivity contribution in [3.05, 3.63) is 35.6 Å². The minimum Gasteiger partial charge on any atom is -0.380 e. The van der Waals surface area contributed by atoms with Crippen molar-refractivity contribution in [2.45, 2.75) is 37.3 Å². The lowest BCUT2D eigenvalue weighted by atomic mass is 10.2. The van der Waals surface area contributed by atoms with Gasteiger partial charge in [0.05, 0.1) is 12.3 Å². The van der Waals surface area contributed by atoms with E-state index in [9.17, 15) is 4.79 Å². The Labute approximate surface area is 188 Å². The van der Waals surface area contributed by atoms with Crippen molar-refractivity contribution >= 4 is 41.0 Å². The third-order valence-electron chi connectivity index (χ3n) is 5.42. The summed E-state index contributed by atoms with van der Waals surface area (Å²) in [6.07, 6.45) is 7.13. The summed E-state index contributed by atoms with van der Waals surface area (Å²) < 4.78 is 5.50. The van der Waals surface area contributed by atoms with E-state index in [2.05, 4.69) is 45.8 Å². The molecule has 3 N–H and O–H groups in total. The Kier molecular flexibility index (Phi) is 5.53. The van der Waals surface area contributed by atoms with E-state index in [1.165, 1.54) is 18.6 Å². The molecule has 3 aromatic heterocycles. The molecule has 1 amide bonds. The number of ether oxygens (including phenoxy) is 1. The maximum Gasteiger partial charge on any atom is 0.248 e.